The van der Waals surface area contributed by atoms with E-state index in [9.17, 15) is 4.79 Å². The number of hydrogen-bond acceptors (Lipinski definition) is 3. The van der Waals surface area contributed by atoms with Crippen molar-refractivity contribution >= 4 is 22.8 Å². The second kappa shape index (κ2) is 7.06. The lowest BCUT2D eigenvalue weighted by molar-refractivity contribution is 0.167. The molecule has 0 saturated heterocycles. The van der Waals surface area contributed by atoms with Crippen molar-refractivity contribution in [1.29, 1.82) is 0 Å². The SMILES string of the molecule is Cc1ccccc1NCCC1CN(C(C)C)C(=O)n2c1nc1ccccc12. The zero-order valence-corrected chi connectivity index (χ0v) is 16.1. The summed E-state index contributed by atoms with van der Waals surface area (Å²) in [6, 6.07) is 16.4. The highest BCUT2D eigenvalue weighted by atomic mass is 16.2. The Morgan fingerprint density at radius 1 is 1.15 bits per heavy atom. The molecular formula is C22H26N4O. The van der Waals surface area contributed by atoms with E-state index in [2.05, 4.69) is 50.4 Å². The number of amides is 1. The van der Waals surface area contributed by atoms with E-state index in [-0.39, 0.29) is 18.0 Å². The van der Waals surface area contributed by atoms with Crippen molar-refractivity contribution in [3.05, 3.63) is 59.9 Å². The Morgan fingerprint density at radius 3 is 2.67 bits per heavy atom. The summed E-state index contributed by atoms with van der Waals surface area (Å²) in [6.45, 7) is 7.82. The number of hydrogen-bond donors (Lipinski definition) is 1. The minimum absolute atomic E-state index is 0.0387. The molecule has 27 heavy (non-hydrogen) atoms. The van der Waals surface area contributed by atoms with Crippen LogP contribution >= 0.6 is 0 Å². The van der Waals surface area contributed by atoms with Gasteiger partial charge in [-0.05, 0) is 51.0 Å². The second-order valence-electron chi connectivity index (χ2n) is 7.55. The summed E-state index contributed by atoms with van der Waals surface area (Å²) in [4.78, 5) is 19.8. The van der Waals surface area contributed by atoms with E-state index in [1.165, 1.54) is 11.3 Å². The van der Waals surface area contributed by atoms with Crippen molar-refractivity contribution in [2.75, 3.05) is 18.4 Å². The van der Waals surface area contributed by atoms with Gasteiger partial charge in [0.05, 0.1) is 11.0 Å². The van der Waals surface area contributed by atoms with Crippen LogP contribution in [0.15, 0.2) is 48.5 Å². The maximum atomic E-state index is 13.1. The number of nitrogens with zero attached hydrogens (tertiary/aromatic N) is 3. The van der Waals surface area contributed by atoms with Crippen molar-refractivity contribution < 1.29 is 4.79 Å². The highest BCUT2D eigenvalue weighted by Gasteiger charge is 2.34. The number of anilines is 1. The van der Waals surface area contributed by atoms with Gasteiger partial charge >= 0.3 is 6.03 Å². The summed E-state index contributed by atoms with van der Waals surface area (Å²) in [5, 5.41) is 3.54. The van der Waals surface area contributed by atoms with Crippen LogP contribution in [0.5, 0.6) is 0 Å². The van der Waals surface area contributed by atoms with Gasteiger partial charge in [-0.2, -0.15) is 0 Å². The van der Waals surface area contributed by atoms with Crippen LogP contribution in [-0.2, 0) is 0 Å². The molecule has 5 nitrogen and oxygen atoms in total. The Bertz CT molecular complexity index is 975. The van der Waals surface area contributed by atoms with Gasteiger partial charge in [0.2, 0.25) is 0 Å². The molecule has 1 amide bonds. The van der Waals surface area contributed by atoms with Crippen LogP contribution in [0.2, 0.25) is 0 Å². The van der Waals surface area contributed by atoms with E-state index in [1.807, 2.05) is 33.7 Å². The van der Waals surface area contributed by atoms with Gasteiger partial charge < -0.3 is 10.2 Å². The molecule has 4 rings (SSSR count). The van der Waals surface area contributed by atoms with Gasteiger partial charge in [-0.1, -0.05) is 30.3 Å². The molecule has 0 aliphatic carbocycles. The Kier molecular flexibility index (Phi) is 4.60. The fraction of sp³-hybridized carbons (Fsp3) is 0.364. The quantitative estimate of drug-likeness (QED) is 0.720. The first kappa shape index (κ1) is 17.6. The van der Waals surface area contributed by atoms with E-state index in [4.69, 9.17) is 4.98 Å². The van der Waals surface area contributed by atoms with E-state index < -0.39 is 0 Å². The number of carbonyl (C=O) groups is 1. The predicted molar refractivity (Wildman–Crippen MR) is 109 cm³/mol. The Hall–Kier alpha value is -2.82. The first-order valence-electron chi connectivity index (χ1n) is 9.64. The van der Waals surface area contributed by atoms with Crippen LogP contribution in [0.25, 0.3) is 11.0 Å². The van der Waals surface area contributed by atoms with Crippen LogP contribution in [0.1, 0.15) is 37.6 Å². The zero-order chi connectivity index (χ0) is 19.0. The van der Waals surface area contributed by atoms with Crippen LogP contribution in [0.4, 0.5) is 10.5 Å². The third-order valence-electron chi connectivity index (χ3n) is 5.38. The fourth-order valence-corrected chi connectivity index (χ4v) is 3.85. The summed E-state index contributed by atoms with van der Waals surface area (Å²) >= 11 is 0. The molecule has 0 fully saturated rings. The zero-order valence-electron chi connectivity index (χ0n) is 16.1. The molecule has 1 aliphatic rings. The molecule has 140 valence electrons. The van der Waals surface area contributed by atoms with Crippen LogP contribution in [0, 0.1) is 6.92 Å². The Morgan fingerprint density at radius 2 is 1.89 bits per heavy atom. The minimum Gasteiger partial charge on any atom is -0.385 e. The molecule has 1 unspecified atom stereocenters. The highest BCUT2D eigenvalue weighted by molar-refractivity contribution is 5.91. The molecule has 2 heterocycles. The van der Waals surface area contributed by atoms with E-state index in [0.29, 0.717) is 0 Å². The van der Waals surface area contributed by atoms with Gasteiger partial charge in [0.25, 0.3) is 0 Å². The number of carbonyl (C=O) groups excluding carboxylic acids is 1. The number of benzene rings is 2. The smallest absolute Gasteiger partial charge is 0.330 e. The predicted octanol–water partition coefficient (Wildman–Crippen LogP) is 4.62. The van der Waals surface area contributed by atoms with Crippen molar-refractivity contribution in [3.63, 3.8) is 0 Å². The van der Waals surface area contributed by atoms with Gasteiger partial charge in [-0.25, -0.2) is 14.3 Å². The van der Waals surface area contributed by atoms with E-state index in [0.717, 1.165) is 36.4 Å². The summed E-state index contributed by atoms with van der Waals surface area (Å²) in [5.41, 5.74) is 4.20. The summed E-state index contributed by atoms with van der Waals surface area (Å²) in [5.74, 6) is 1.11. The molecule has 5 heteroatoms. The maximum absolute atomic E-state index is 13.1. The molecular weight excluding hydrogens is 336 g/mol. The molecule has 1 N–H and O–H groups in total. The van der Waals surface area contributed by atoms with Gasteiger partial charge in [0, 0.05) is 30.7 Å². The maximum Gasteiger partial charge on any atom is 0.330 e. The largest absolute Gasteiger partial charge is 0.385 e. The minimum atomic E-state index is 0.0387. The summed E-state index contributed by atoms with van der Waals surface area (Å²) in [7, 11) is 0. The van der Waals surface area contributed by atoms with Crippen molar-refractivity contribution in [2.24, 2.45) is 0 Å². The normalized spacial score (nSPS) is 16.8. The molecule has 3 aromatic rings. The van der Waals surface area contributed by atoms with Crippen molar-refractivity contribution in [2.45, 2.75) is 39.2 Å². The Labute approximate surface area is 160 Å². The van der Waals surface area contributed by atoms with Crippen molar-refractivity contribution in [1.82, 2.24) is 14.5 Å². The molecule has 0 bridgehead atoms. The molecule has 0 spiro atoms. The van der Waals surface area contributed by atoms with Gasteiger partial charge in [-0.15, -0.1) is 0 Å². The molecule has 0 radical (unpaired) electrons. The van der Waals surface area contributed by atoms with E-state index >= 15 is 0 Å². The van der Waals surface area contributed by atoms with Crippen LogP contribution < -0.4 is 5.32 Å². The molecule has 1 aromatic heterocycles. The Balaban J connectivity index is 1.62. The van der Waals surface area contributed by atoms with Crippen molar-refractivity contribution in [3.8, 4) is 0 Å². The second-order valence-corrected chi connectivity index (χ2v) is 7.55. The third kappa shape index (κ3) is 3.18. The molecule has 2 aromatic carbocycles. The van der Waals surface area contributed by atoms with Gasteiger partial charge in [-0.3, -0.25) is 0 Å². The van der Waals surface area contributed by atoms with Gasteiger partial charge in [0.1, 0.15) is 5.82 Å². The number of aryl methyl sites for hydroxylation is 1. The first-order chi connectivity index (χ1) is 13.1. The number of para-hydroxylation sites is 3. The lowest BCUT2D eigenvalue weighted by atomic mass is 10.0. The standard InChI is InChI=1S/C22H26N4O/c1-15(2)25-14-17(12-13-23-18-9-5-4-8-16(18)3)21-24-19-10-6-7-11-20(19)26(21)22(25)27/h4-11,15,17,23H,12-14H2,1-3H3. The monoisotopic (exact) mass is 362 g/mol. The lowest BCUT2D eigenvalue weighted by Crippen LogP contribution is -2.47. The highest BCUT2D eigenvalue weighted by Crippen LogP contribution is 2.31. The summed E-state index contributed by atoms with van der Waals surface area (Å²) < 4.78 is 1.82. The third-order valence-corrected chi connectivity index (χ3v) is 5.38. The fourth-order valence-electron chi connectivity index (χ4n) is 3.85. The number of nitrogens with one attached hydrogen (secondary N) is 1. The molecule has 1 aliphatic heterocycles. The van der Waals surface area contributed by atoms with Crippen LogP contribution in [-0.4, -0.2) is 39.6 Å². The van der Waals surface area contributed by atoms with Crippen LogP contribution in [0.3, 0.4) is 0 Å². The summed E-state index contributed by atoms with van der Waals surface area (Å²) in [6.07, 6.45) is 0.925. The lowest BCUT2D eigenvalue weighted by Gasteiger charge is -2.36. The van der Waals surface area contributed by atoms with E-state index in [1.54, 1.807) is 0 Å². The molecule has 1 atom stereocenters. The topological polar surface area (TPSA) is 50.2 Å². The molecule has 0 saturated carbocycles. The number of fused-ring (bicyclic) bond motifs is 3. The average Bonchev–Trinajstić information content (AvgIpc) is 3.05. The number of rotatable bonds is 5. The number of imidazole rings is 1. The average molecular weight is 362 g/mol. The number of aromatic nitrogens is 2. The first-order valence-corrected chi connectivity index (χ1v) is 9.64. The van der Waals surface area contributed by atoms with Gasteiger partial charge in [0.15, 0.2) is 0 Å².